The molecular weight excluding hydrogens is 448 g/mol. The minimum absolute atomic E-state index is 0.715. The molecule has 3 heterocycles. The molecule has 0 saturated carbocycles. The van der Waals surface area contributed by atoms with Gasteiger partial charge in [-0.3, -0.25) is 9.97 Å². The minimum Gasteiger partial charge on any atom is -0.340 e. The molecule has 0 saturated heterocycles. The van der Waals surface area contributed by atoms with E-state index in [9.17, 15) is 0 Å². The van der Waals surface area contributed by atoms with Gasteiger partial charge >= 0.3 is 0 Å². The fourth-order valence-electron chi connectivity index (χ4n) is 3.80. The van der Waals surface area contributed by atoms with Crippen molar-refractivity contribution in [1.29, 1.82) is 0 Å². The van der Waals surface area contributed by atoms with Gasteiger partial charge in [-0.05, 0) is 61.9 Å². The second-order valence-corrected chi connectivity index (χ2v) is 8.65. The summed E-state index contributed by atoms with van der Waals surface area (Å²) in [6, 6.07) is 24.8. The number of aryl methyl sites for hydroxylation is 2. The van der Waals surface area contributed by atoms with Gasteiger partial charge in [0.25, 0.3) is 0 Å². The largest absolute Gasteiger partial charge is 0.340 e. The first-order chi connectivity index (χ1) is 15.0. The van der Waals surface area contributed by atoms with Crippen molar-refractivity contribution in [2.75, 3.05) is 0 Å². The van der Waals surface area contributed by atoms with Crippen molar-refractivity contribution < 1.29 is 0 Å². The van der Waals surface area contributed by atoms with Crippen LogP contribution in [0, 0.1) is 13.8 Å². The molecule has 5 aromatic rings. The van der Waals surface area contributed by atoms with Gasteiger partial charge in [-0.15, -0.1) is 0 Å². The van der Waals surface area contributed by atoms with Crippen LogP contribution in [0.1, 0.15) is 22.8 Å². The number of hydrogen-bond donors (Lipinski definition) is 1. The van der Waals surface area contributed by atoms with Crippen LogP contribution in [0.25, 0.3) is 33.5 Å². The van der Waals surface area contributed by atoms with Crippen LogP contribution in [0.4, 0.5) is 0 Å². The average molecular weight is 469 g/mol. The molecule has 0 aliphatic carbocycles. The molecule has 0 aliphatic heterocycles. The number of fused-ring (bicyclic) bond motifs is 1. The fourth-order valence-corrected chi connectivity index (χ4v) is 4.24. The molecule has 0 unspecified atom stereocenters. The molecule has 4 nitrogen and oxygen atoms in total. The van der Waals surface area contributed by atoms with Crippen LogP contribution in [0.5, 0.6) is 0 Å². The Bertz CT molecular complexity index is 1400. The topological polar surface area (TPSA) is 54.5 Å². The third-order valence-electron chi connectivity index (χ3n) is 5.26. The number of benzene rings is 2. The highest BCUT2D eigenvalue weighted by atomic mass is 79.9. The number of nitrogens with zero attached hydrogens (tertiary/aromatic N) is 3. The molecule has 5 rings (SSSR count). The molecule has 3 aromatic heterocycles. The molecule has 1 N–H and O–H groups in total. The molecule has 31 heavy (non-hydrogen) atoms. The van der Waals surface area contributed by atoms with Gasteiger partial charge in [-0.2, -0.15) is 0 Å². The summed E-state index contributed by atoms with van der Waals surface area (Å²) in [5.74, 6) is 0.911. The van der Waals surface area contributed by atoms with Gasteiger partial charge in [0.15, 0.2) is 0 Å². The molecule has 0 amide bonds. The van der Waals surface area contributed by atoms with Crippen LogP contribution in [0.15, 0.2) is 77.3 Å². The Morgan fingerprint density at radius 2 is 1.65 bits per heavy atom. The zero-order valence-corrected chi connectivity index (χ0v) is 18.9. The van der Waals surface area contributed by atoms with Crippen LogP contribution in [-0.2, 0) is 6.42 Å². The Morgan fingerprint density at radius 1 is 0.806 bits per heavy atom. The monoisotopic (exact) mass is 468 g/mol. The third kappa shape index (κ3) is 4.14. The summed E-state index contributed by atoms with van der Waals surface area (Å²) >= 11 is 3.56. The average Bonchev–Trinajstić information content (AvgIpc) is 3.17. The number of H-pyrrole nitrogens is 1. The Morgan fingerprint density at radius 3 is 2.48 bits per heavy atom. The van der Waals surface area contributed by atoms with E-state index in [2.05, 4.69) is 62.3 Å². The van der Waals surface area contributed by atoms with Crippen molar-refractivity contribution in [3.63, 3.8) is 0 Å². The Labute approximate surface area is 189 Å². The molecule has 5 heteroatoms. The van der Waals surface area contributed by atoms with E-state index >= 15 is 0 Å². The van der Waals surface area contributed by atoms with E-state index in [0.29, 0.717) is 6.42 Å². The first kappa shape index (κ1) is 19.6. The summed E-state index contributed by atoms with van der Waals surface area (Å²) in [5, 5.41) is 1.10. The Kier molecular flexibility index (Phi) is 5.12. The highest BCUT2D eigenvalue weighted by Gasteiger charge is 2.16. The quantitative estimate of drug-likeness (QED) is 0.320. The zero-order chi connectivity index (χ0) is 21.4. The number of nitrogens with one attached hydrogen (secondary N) is 1. The van der Waals surface area contributed by atoms with Gasteiger partial charge in [0.05, 0.1) is 22.6 Å². The highest BCUT2D eigenvalue weighted by molar-refractivity contribution is 9.10. The molecule has 0 atom stereocenters. The lowest BCUT2D eigenvalue weighted by Crippen LogP contribution is -1.91. The minimum atomic E-state index is 0.715. The maximum atomic E-state index is 5.00. The molecule has 0 fully saturated rings. The van der Waals surface area contributed by atoms with Gasteiger partial charge in [-0.1, -0.05) is 46.3 Å². The lowest BCUT2D eigenvalue weighted by atomic mass is 10.0. The lowest BCUT2D eigenvalue weighted by Gasteiger charge is -2.05. The Hall–Kier alpha value is -3.31. The highest BCUT2D eigenvalue weighted by Crippen LogP contribution is 2.32. The van der Waals surface area contributed by atoms with E-state index in [1.54, 1.807) is 0 Å². The fraction of sp³-hybridized carbons (Fsp3) is 0.115. The second kappa shape index (κ2) is 8.08. The molecular formula is C26H21BrN4. The summed E-state index contributed by atoms with van der Waals surface area (Å²) < 4.78 is 1.06. The molecule has 152 valence electrons. The number of hydrogen-bond acceptors (Lipinski definition) is 3. The molecule has 0 bridgehead atoms. The predicted molar refractivity (Wildman–Crippen MR) is 129 cm³/mol. The normalized spacial score (nSPS) is 11.2. The summed E-state index contributed by atoms with van der Waals surface area (Å²) in [6.07, 6.45) is 0.715. The van der Waals surface area contributed by atoms with Crippen molar-refractivity contribution in [3.8, 4) is 22.6 Å². The van der Waals surface area contributed by atoms with Gasteiger partial charge < -0.3 is 4.98 Å². The SMILES string of the molecule is Cc1cccc(-c2[nH]c(Cc3cccc(Br)c3)nc2-c2ccc3nc(C)ccc3c2)n1. The standard InChI is InChI=1S/C26H21BrN4/c1-16-5-3-8-23(29-16)26-25(20-11-12-22-19(15-20)10-9-17(2)28-22)30-24(31-26)14-18-6-4-7-21(27)13-18/h3-13,15H,14H2,1-2H3,(H,30,31). The van der Waals surface area contributed by atoms with E-state index < -0.39 is 0 Å². The molecule has 0 spiro atoms. The van der Waals surface area contributed by atoms with E-state index in [1.165, 1.54) is 5.56 Å². The van der Waals surface area contributed by atoms with Crippen molar-refractivity contribution in [2.45, 2.75) is 20.3 Å². The van der Waals surface area contributed by atoms with E-state index in [-0.39, 0.29) is 0 Å². The van der Waals surface area contributed by atoms with Crippen LogP contribution < -0.4 is 0 Å². The lowest BCUT2D eigenvalue weighted by molar-refractivity contribution is 1.02. The maximum Gasteiger partial charge on any atom is 0.111 e. The number of aromatic amines is 1. The van der Waals surface area contributed by atoms with Crippen LogP contribution in [0.2, 0.25) is 0 Å². The van der Waals surface area contributed by atoms with Gasteiger partial charge in [0.2, 0.25) is 0 Å². The Balaban J connectivity index is 1.64. The van der Waals surface area contributed by atoms with E-state index in [4.69, 9.17) is 9.97 Å². The smallest absolute Gasteiger partial charge is 0.111 e. The predicted octanol–water partition coefficient (Wildman–Crippen LogP) is 6.66. The number of pyridine rings is 2. The summed E-state index contributed by atoms with van der Waals surface area (Å²) in [4.78, 5) is 17.9. The van der Waals surface area contributed by atoms with Crippen LogP contribution in [-0.4, -0.2) is 19.9 Å². The second-order valence-electron chi connectivity index (χ2n) is 7.74. The van der Waals surface area contributed by atoms with Crippen molar-refractivity contribution in [1.82, 2.24) is 19.9 Å². The third-order valence-corrected chi connectivity index (χ3v) is 5.75. The van der Waals surface area contributed by atoms with Crippen LogP contribution in [0.3, 0.4) is 0 Å². The maximum absolute atomic E-state index is 5.00. The zero-order valence-electron chi connectivity index (χ0n) is 17.4. The van der Waals surface area contributed by atoms with Gasteiger partial charge in [0, 0.05) is 33.2 Å². The first-order valence-corrected chi connectivity index (χ1v) is 11.0. The molecule has 2 aromatic carbocycles. The summed E-state index contributed by atoms with van der Waals surface area (Å²) in [7, 11) is 0. The first-order valence-electron chi connectivity index (χ1n) is 10.2. The number of rotatable bonds is 4. The number of imidazole rings is 1. The van der Waals surface area contributed by atoms with E-state index in [0.717, 1.165) is 55.2 Å². The summed E-state index contributed by atoms with van der Waals surface area (Å²) in [5.41, 5.74) is 7.96. The van der Waals surface area contributed by atoms with Crippen molar-refractivity contribution in [3.05, 3.63) is 100 Å². The van der Waals surface area contributed by atoms with E-state index in [1.807, 2.05) is 50.2 Å². The van der Waals surface area contributed by atoms with Crippen LogP contribution >= 0.6 is 15.9 Å². The molecule has 0 aliphatic rings. The van der Waals surface area contributed by atoms with Crippen molar-refractivity contribution >= 4 is 26.8 Å². The van der Waals surface area contributed by atoms with Gasteiger partial charge in [0.1, 0.15) is 5.82 Å². The number of aromatic nitrogens is 4. The molecule has 0 radical (unpaired) electrons. The van der Waals surface area contributed by atoms with Gasteiger partial charge in [-0.25, -0.2) is 4.98 Å². The summed E-state index contributed by atoms with van der Waals surface area (Å²) in [6.45, 7) is 4.02. The number of halogens is 1. The van der Waals surface area contributed by atoms with Crippen molar-refractivity contribution in [2.24, 2.45) is 0 Å².